The summed E-state index contributed by atoms with van der Waals surface area (Å²) < 4.78 is 43.8. The van der Waals surface area contributed by atoms with E-state index in [0.29, 0.717) is 51.7 Å². The highest BCUT2D eigenvalue weighted by Crippen LogP contribution is 2.52. The maximum atomic E-state index is 16.2. The Bertz CT molecular complexity index is 2370. The summed E-state index contributed by atoms with van der Waals surface area (Å²) in [6, 6.07) is 11.5. The number of likely N-dealkylation sites (N-methyl/N-ethyl adjacent to an activating group) is 1. The van der Waals surface area contributed by atoms with Crippen LogP contribution in [0.3, 0.4) is 0 Å². The SMILES string of the molecule is CN1C[C@@H]2CCN(c3c(-c4cnc5c(c4)c(=O)c(C(=O)OCc4ccccc4)cn5C)cnc4c3-c3c(F)c(F)cc(N(C)C(=O)OCCl)c3C4)[C@@H]2C1. The number of carbonyl (C=O) groups excluding carboxylic acids is 2. The van der Waals surface area contributed by atoms with Gasteiger partial charge in [0.25, 0.3) is 0 Å². The molecule has 5 aromatic rings. The predicted molar refractivity (Wildman–Crippen MR) is 196 cm³/mol. The summed E-state index contributed by atoms with van der Waals surface area (Å²) in [6.45, 7) is 2.33. The number of esters is 1. The van der Waals surface area contributed by atoms with Gasteiger partial charge in [-0.3, -0.25) is 14.7 Å². The standard InChI is InChI=1S/C39H35ClF2N6O5/c1-45-16-22-9-10-48(31(22)18-45)35-26(15-43-29-12-24-30(47(3)39(51)53-20-40)13-28(41)34(42)32(24)33(29)35)23-11-25-36(49)27(17-46(2)37(25)44-14-23)38(50)52-19-21-7-5-4-6-8-21/h4-8,11,13-15,17,22,31H,9-10,12,16,18-20H2,1-3H3/t22-,31+/m0/s1. The van der Waals surface area contributed by atoms with Crippen molar-refractivity contribution in [3.05, 3.63) is 105 Å². The van der Waals surface area contributed by atoms with E-state index in [9.17, 15) is 14.4 Å². The van der Waals surface area contributed by atoms with Crippen LogP contribution in [0.15, 0.2) is 65.8 Å². The van der Waals surface area contributed by atoms with Crippen LogP contribution in [0.4, 0.5) is 25.0 Å². The van der Waals surface area contributed by atoms with Gasteiger partial charge in [-0.15, -0.1) is 0 Å². The molecule has 2 aromatic carbocycles. The second kappa shape index (κ2) is 13.5. The number of amides is 1. The number of hydrogen-bond acceptors (Lipinski definition) is 9. The number of aromatic nitrogens is 3. The fraction of sp³-hybridized carbons (Fsp3) is 0.308. The van der Waals surface area contributed by atoms with Crippen molar-refractivity contribution in [3.8, 4) is 22.3 Å². The van der Waals surface area contributed by atoms with Crippen molar-refractivity contribution in [1.82, 2.24) is 19.4 Å². The molecule has 2 atom stereocenters. The number of ether oxygens (including phenoxy) is 2. The molecule has 14 heteroatoms. The van der Waals surface area contributed by atoms with E-state index < -0.39 is 35.2 Å². The lowest BCUT2D eigenvalue weighted by Gasteiger charge is -2.31. The number of anilines is 2. The Morgan fingerprint density at radius 1 is 1.04 bits per heavy atom. The van der Waals surface area contributed by atoms with Crippen molar-refractivity contribution in [1.29, 1.82) is 0 Å². The van der Waals surface area contributed by atoms with Gasteiger partial charge in [0.15, 0.2) is 17.7 Å². The number of pyridine rings is 3. The predicted octanol–water partition coefficient (Wildman–Crippen LogP) is 6.11. The molecule has 0 unspecified atom stereocenters. The fourth-order valence-corrected chi connectivity index (χ4v) is 8.25. The number of likely N-dealkylation sites (tertiary alicyclic amines) is 1. The molecule has 5 heterocycles. The van der Waals surface area contributed by atoms with Crippen LogP contribution in [-0.2, 0) is 29.5 Å². The molecule has 0 N–H and O–H groups in total. The van der Waals surface area contributed by atoms with Crippen molar-refractivity contribution in [3.63, 3.8) is 0 Å². The monoisotopic (exact) mass is 740 g/mol. The third-order valence-corrected chi connectivity index (χ3v) is 10.7. The molecule has 0 spiro atoms. The number of fused-ring (bicyclic) bond motifs is 5. The third-order valence-electron chi connectivity index (χ3n) is 10.6. The van der Waals surface area contributed by atoms with Crippen LogP contribution in [0.25, 0.3) is 33.3 Å². The molecular formula is C39H35ClF2N6O5. The summed E-state index contributed by atoms with van der Waals surface area (Å²) in [5, 5.41) is 0.185. The van der Waals surface area contributed by atoms with Gasteiger partial charge in [0.05, 0.1) is 22.5 Å². The summed E-state index contributed by atoms with van der Waals surface area (Å²) in [5.74, 6) is -2.59. The molecule has 3 aliphatic rings. The smallest absolute Gasteiger partial charge is 0.415 e. The second-order valence-electron chi connectivity index (χ2n) is 13.8. The molecule has 3 aromatic heterocycles. The maximum absolute atomic E-state index is 16.2. The zero-order chi connectivity index (χ0) is 37.1. The van der Waals surface area contributed by atoms with E-state index in [4.69, 9.17) is 26.1 Å². The first-order chi connectivity index (χ1) is 25.5. The Balaban J connectivity index is 1.29. The molecule has 2 fully saturated rings. The Morgan fingerprint density at radius 2 is 1.83 bits per heavy atom. The van der Waals surface area contributed by atoms with Crippen LogP contribution >= 0.6 is 11.6 Å². The highest BCUT2D eigenvalue weighted by Gasteiger charge is 2.44. The van der Waals surface area contributed by atoms with Gasteiger partial charge in [0.1, 0.15) is 17.8 Å². The molecule has 1 amide bonds. The molecule has 8 rings (SSSR count). The van der Waals surface area contributed by atoms with E-state index in [1.807, 2.05) is 30.3 Å². The van der Waals surface area contributed by atoms with E-state index in [1.165, 1.54) is 13.2 Å². The Labute approximate surface area is 308 Å². The molecule has 2 saturated heterocycles. The number of halogens is 3. The first-order valence-electron chi connectivity index (χ1n) is 17.2. The molecule has 2 aliphatic heterocycles. The van der Waals surface area contributed by atoms with E-state index in [2.05, 4.69) is 21.8 Å². The highest BCUT2D eigenvalue weighted by molar-refractivity contribution is 6.17. The minimum absolute atomic E-state index is 0.000517. The van der Waals surface area contributed by atoms with E-state index >= 15 is 8.78 Å². The van der Waals surface area contributed by atoms with Crippen LogP contribution in [-0.4, -0.2) is 77.3 Å². The number of benzene rings is 2. The third kappa shape index (κ3) is 5.88. The van der Waals surface area contributed by atoms with E-state index in [1.54, 1.807) is 30.1 Å². The van der Waals surface area contributed by atoms with Gasteiger partial charge in [-0.25, -0.2) is 23.4 Å². The minimum Gasteiger partial charge on any atom is -0.457 e. The lowest BCUT2D eigenvalue weighted by Crippen LogP contribution is -2.35. The number of carbonyl (C=O) groups is 2. The van der Waals surface area contributed by atoms with Crippen LogP contribution in [0.2, 0.25) is 0 Å². The zero-order valence-corrected chi connectivity index (χ0v) is 30.0. The van der Waals surface area contributed by atoms with Crippen molar-refractivity contribution < 1.29 is 27.8 Å². The molecular weight excluding hydrogens is 706 g/mol. The summed E-state index contributed by atoms with van der Waals surface area (Å²) in [7, 11) is 5.17. The molecule has 1 aliphatic carbocycles. The van der Waals surface area contributed by atoms with Crippen molar-refractivity contribution in [2.75, 3.05) is 49.6 Å². The van der Waals surface area contributed by atoms with Gasteiger partial charge in [-0.2, -0.15) is 0 Å². The van der Waals surface area contributed by atoms with Gasteiger partial charge in [0.2, 0.25) is 5.43 Å². The molecule has 0 bridgehead atoms. The number of aryl methyl sites for hydroxylation is 1. The normalized spacial score (nSPS) is 17.5. The molecule has 53 heavy (non-hydrogen) atoms. The Hall–Kier alpha value is -5.40. The molecule has 0 saturated carbocycles. The average Bonchev–Trinajstić information content (AvgIpc) is 3.85. The van der Waals surface area contributed by atoms with Crippen molar-refractivity contribution >= 4 is 46.1 Å². The van der Waals surface area contributed by atoms with Gasteiger partial charge >= 0.3 is 12.1 Å². The Kier molecular flexibility index (Phi) is 8.86. The van der Waals surface area contributed by atoms with Gasteiger partial charge in [-0.05, 0) is 36.6 Å². The first-order valence-corrected chi connectivity index (χ1v) is 17.7. The van der Waals surface area contributed by atoms with Crippen LogP contribution in [0, 0.1) is 17.6 Å². The Morgan fingerprint density at radius 3 is 2.60 bits per heavy atom. The molecule has 11 nitrogen and oxygen atoms in total. The van der Waals surface area contributed by atoms with Gasteiger partial charge < -0.3 is 23.8 Å². The maximum Gasteiger partial charge on any atom is 0.415 e. The lowest BCUT2D eigenvalue weighted by atomic mass is 9.96. The van der Waals surface area contributed by atoms with Crippen LogP contribution < -0.4 is 15.2 Å². The summed E-state index contributed by atoms with van der Waals surface area (Å²) >= 11 is 5.64. The number of alkyl halides is 1. The van der Waals surface area contributed by atoms with Crippen LogP contribution in [0.5, 0.6) is 0 Å². The van der Waals surface area contributed by atoms with Crippen molar-refractivity contribution in [2.45, 2.75) is 25.5 Å². The van der Waals surface area contributed by atoms with Gasteiger partial charge in [0, 0.05) is 93.1 Å². The number of nitrogens with zero attached hydrogens (tertiary/aromatic N) is 6. The quantitative estimate of drug-likeness (QED) is 0.142. The largest absolute Gasteiger partial charge is 0.457 e. The van der Waals surface area contributed by atoms with Gasteiger partial charge in [-0.1, -0.05) is 41.9 Å². The average molecular weight is 741 g/mol. The van der Waals surface area contributed by atoms with Crippen LogP contribution in [0.1, 0.15) is 33.6 Å². The zero-order valence-electron chi connectivity index (χ0n) is 29.2. The summed E-state index contributed by atoms with van der Waals surface area (Å²) in [5.41, 5.74) is 3.67. The first kappa shape index (κ1) is 34.7. The number of rotatable bonds is 7. The topological polar surface area (TPSA) is 110 Å². The highest BCUT2D eigenvalue weighted by atomic mass is 35.5. The van der Waals surface area contributed by atoms with E-state index in [-0.39, 0.29) is 41.3 Å². The summed E-state index contributed by atoms with van der Waals surface area (Å²) in [4.78, 5) is 55.0. The van der Waals surface area contributed by atoms with Crippen molar-refractivity contribution in [2.24, 2.45) is 13.0 Å². The second-order valence-corrected chi connectivity index (χ2v) is 14.0. The minimum atomic E-state index is -1.13. The molecule has 0 radical (unpaired) electrons. The lowest BCUT2D eigenvalue weighted by molar-refractivity contribution is 0.0470. The van der Waals surface area contributed by atoms with E-state index in [0.717, 1.165) is 36.0 Å². The fourth-order valence-electron chi connectivity index (χ4n) is 8.15. The summed E-state index contributed by atoms with van der Waals surface area (Å²) in [6.07, 6.45) is 4.93. The number of hydrogen-bond donors (Lipinski definition) is 0. The molecule has 272 valence electrons.